The van der Waals surface area contributed by atoms with Crippen molar-refractivity contribution in [2.45, 2.75) is 0 Å². The van der Waals surface area contributed by atoms with E-state index in [0.717, 1.165) is 10.4 Å². The predicted molar refractivity (Wildman–Crippen MR) is 107 cm³/mol. The number of hydrogen-bond donors (Lipinski definition) is 2. The zero-order valence-corrected chi connectivity index (χ0v) is 15.7. The van der Waals surface area contributed by atoms with Gasteiger partial charge in [-0.1, -0.05) is 48.5 Å². The van der Waals surface area contributed by atoms with Crippen LogP contribution in [0.4, 0.5) is 0 Å². The van der Waals surface area contributed by atoms with Crippen LogP contribution in [0, 0.1) is 0 Å². The number of rotatable bonds is 7. The summed E-state index contributed by atoms with van der Waals surface area (Å²) in [7, 11) is 1.55. The van der Waals surface area contributed by atoms with Crippen LogP contribution in [0.5, 0.6) is 5.75 Å². The Morgan fingerprint density at radius 1 is 0.889 bits per heavy atom. The zero-order chi connectivity index (χ0) is 19.1. The molecule has 0 saturated heterocycles. The third kappa shape index (κ3) is 4.74. The second-order valence-electron chi connectivity index (χ2n) is 5.75. The summed E-state index contributed by atoms with van der Waals surface area (Å²) in [6.45, 7) is 0.678. The van der Waals surface area contributed by atoms with Gasteiger partial charge in [-0.15, -0.1) is 11.3 Å². The summed E-state index contributed by atoms with van der Waals surface area (Å²) >= 11 is 1.38. The molecule has 0 aliphatic heterocycles. The van der Waals surface area contributed by atoms with Crippen LogP contribution in [0.2, 0.25) is 0 Å². The summed E-state index contributed by atoms with van der Waals surface area (Å²) in [6.07, 6.45) is 0. The van der Waals surface area contributed by atoms with E-state index in [2.05, 4.69) is 10.6 Å². The van der Waals surface area contributed by atoms with E-state index < -0.39 is 0 Å². The quantitative estimate of drug-likeness (QED) is 0.616. The molecule has 2 amide bonds. The summed E-state index contributed by atoms with van der Waals surface area (Å²) in [5, 5.41) is 5.61. The first-order valence-corrected chi connectivity index (χ1v) is 9.35. The normalized spacial score (nSPS) is 10.3. The van der Waals surface area contributed by atoms with Crippen molar-refractivity contribution in [3.05, 3.63) is 77.2 Å². The summed E-state index contributed by atoms with van der Waals surface area (Å²) < 4.78 is 5.35. The molecule has 3 aromatic rings. The van der Waals surface area contributed by atoms with Gasteiger partial charge >= 0.3 is 0 Å². The first-order chi connectivity index (χ1) is 13.2. The number of amides is 2. The van der Waals surface area contributed by atoms with Crippen molar-refractivity contribution in [3.63, 3.8) is 0 Å². The molecule has 3 rings (SSSR count). The van der Waals surface area contributed by atoms with Gasteiger partial charge in [0.25, 0.3) is 11.8 Å². The van der Waals surface area contributed by atoms with E-state index in [0.29, 0.717) is 29.3 Å². The van der Waals surface area contributed by atoms with Crippen molar-refractivity contribution in [1.29, 1.82) is 0 Å². The van der Waals surface area contributed by atoms with Crippen LogP contribution in [-0.4, -0.2) is 32.0 Å². The third-order valence-corrected chi connectivity index (χ3v) is 5.08. The lowest BCUT2D eigenvalue weighted by molar-refractivity contribution is 0.0928. The SMILES string of the molecule is COc1cc(-c2ccccc2)sc1C(=O)NCCNC(=O)c1ccccc1. The molecule has 0 spiro atoms. The first-order valence-electron chi connectivity index (χ1n) is 8.53. The molecule has 1 aromatic heterocycles. The van der Waals surface area contributed by atoms with Crippen molar-refractivity contribution < 1.29 is 14.3 Å². The highest BCUT2D eigenvalue weighted by atomic mass is 32.1. The second kappa shape index (κ2) is 9.00. The van der Waals surface area contributed by atoms with E-state index in [4.69, 9.17) is 4.74 Å². The molecular formula is C21H20N2O3S. The Labute approximate surface area is 162 Å². The van der Waals surface area contributed by atoms with Crippen LogP contribution in [-0.2, 0) is 0 Å². The Morgan fingerprint density at radius 2 is 1.48 bits per heavy atom. The molecular weight excluding hydrogens is 360 g/mol. The van der Waals surface area contributed by atoms with Gasteiger partial charge in [-0.05, 0) is 23.8 Å². The number of carbonyl (C=O) groups excluding carboxylic acids is 2. The summed E-state index contributed by atoms with van der Waals surface area (Å²) in [5.41, 5.74) is 1.63. The maximum Gasteiger partial charge on any atom is 0.265 e. The van der Waals surface area contributed by atoms with E-state index in [9.17, 15) is 9.59 Å². The van der Waals surface area contributed by atoms with Gasteiger partial charge in [0.05, 0.1) is 7.11 Å². The van der Waals surface area contributed by atoms with Gasteiger partial charge in [-0.2, -0.15) is 0 Å². The van der Waals surface area contributed by atoms with Gasteiger partial charge < -0.3 is 15.4 Å². The highest BCUT2D eigenvalue weighted by Crippen LogP contribution is 2.35. The van der Waals surface area contributed by atoms with E-state index in [1.54, 1.807) is 19.2 Å². The van der Waals surface area contributed by atoms with E-state index >= 15 is 0 Å². The lowest BCUT2D eigenvalue weighted by atomic mass is 10.2. The molecule has 0 bridgehead atoms. The van der Waals surface area contributed by atoms with Crippen LogP contribution >= 0.6 is 11.3 Å². The fraction of sp³-hybridized carbons (Fsp3) is 0.143. The minimum absolute atomic E-state index is 0.162. The highest BCUT2D eigenvalue weighted by molar-refractivity contribution is 7.17. The van der Waals surface area contributed by atoms with Crippen LogP contribution in [0.1, 0.15) is 20.0 Å². The number of carbonyl (C=O) groups is 2. The minimum Gasteiger partial charge on any atom is -0.495 e. The largest absolute Gasteiger partial charge is 0.495 e. The van der Waals surface area contributed by atoms with Crippen molar-refractivity contribution >= 4 is 23.2 Å². The number of nitrogens with one attached hydrogen (secondary N) is 2. The number of methoxy groups -OCH3 is 1. The zero-order valence-electron chi connectivity index (χ0n) is 14.9. The lowest BCUT2D eigenvalue weighted by Crippen LogP contribution is -2.34. The van der Waals surface area contributed by atoms with Gasteiger partial charge in [0.15, 0.2) is 0 Å². The molecule has 2 N–H and O–H groups in total. The molecule has 0 aliphatic rings. The van der Waals surface area contributed by atoms with Crippen LogP contribution in [0.15, 0.2) is 66.7 Å². The predicted octanol–water partition coefficient (Wildman–Crippen LogP) is 3.58. The molecule has 27 heavy (non-hydrogen) atoms. The number of benzene rings is 2. The fourth-order valence-electron chi connectivity index (χ4n) is 2.55. The maximum atomic E-state index is 12.5. The van der Waals surface area contributed by atoms with Gasteiger partial charge in [-0.3, -0.25) is 9.59 Å². The average molecular weight is 380 g/mol. The first kappa shape index (κ1) is 18.7. The average Bonchev–Trinajstić information content (AvgIpc) is 3.17. The molecule has 6 heteroatoms. The number of ether oxygens (including phenoxy) is 1. The molecule has 5 nitrogen and oxygen atoms in total. The molecule has 0 saturated carbocycles. The molecule has 0 fully saturated rings. The third-order valence-electron chi connectivity index (χ3n) is 3.91. The van der Waals surface area contributed by atoms with E-state index in [1.807, 2.05) is 54.6 Å². The van der Waals surface area contributed by atoms with Crippen molar-refractivity contribution in [2.24, 2.45) is 0 Å². The molecule has 1 heterocycles. The van der Waals surface area contributed by atoms with Crippen LogP contribution in [0.3, 0.4) is 0 Å². The lowest BCUT2D eigenvalue weighted by Gasteiger charge is -2.07. The maximum absolute atomic E-state index is 12.5. The summed E-state index contributed by atoms with van der Waals surface area (Å²) in [4.78, 5) is 26.0. The summed E-state index contributed by atoms with van der Waals surface area (Å²) in [5.74, 6) is 0.169. The smallest absolute Gasteiger partial charge is 0.265 e. The molecule has 2 aromatic carbocycles. The van der Waals surface area contributed by atoms with Gasteiger partial charge in [0.1, 0.15) is 10.6 Å². The van der Waals surface area contributed by atoms with E-state index in [1.165, 1.54) is 11.3 Å². The van der Waals surface area contributed by atoms with Gasteiger partial charge in [0.2, 0.25) is 0 Å². The van der Waals surface area contributed by atoms with Crippen LogP contribution < -0.4 is 15.4 Å². The number of hydrogen-bond acceptors (Lipinski definition) is 4. The number of thiophene rings is 1. The molecule has 138 valence electrons. The van der Waals surface area contributed by atoms with E-state index in [-0.39, 0.29) is 11.8 Å². The molecule has 0 radical (unpaired) electrons. The standard InChI is InChI=1S/C21H20N2O3S/c1-26-17-14-18(15-8-4-2-5-9-15)27-19(17)21(25)23-13-12-22-20(24)16-10-6-3-7-11-16/h2-11,14H,12-13H2,1H3,(H,22,24)(H,23,25). The summed E-state index contributed by atoms with van der Waals surface area (Å²) in [6, 6.07) is 20.7. The highest BCUT2D eigenvalue weighted by Gasteiger charge is 2.17. The Morgan fingerprint density at radius 3 is 2.11 bits per heavy atom. The monoisotopic (exact) mass is 380 g/mol. The molecule has 0 unspecified atom stereocenters. The Hall–Kier alpha value is -3.12. The Balaban J connectivity index is 1.56. The van der Waals surface area contributed by atoms with Crippen molar-refractivity contribution in [1.82, 2.24) is 10.6 Å². The molecule has 0 atom stereocenters. The molecule has 0 aliphatic carbocycles. The van der Waals surface area contributed by atoms with Crippen LogP contribution in [0.25, 0.3) is 10.4 Å². The topological polar surface area (TPSA) is 67.4 Å². The van der Waals surface area contributed by atoms with Crippen molar-refractivity contribution in [3.8, 4) is 16.2 Å². The second-order valence-corrected chi connectivity index (χ2v) is 6.80. The van der Waals surface area contributed by atoms with Crippen molar-refractivity contribution in [2.75, 3.05) is 20.2 Å². The Bertz CT molecular complexity index is 908. The Kier molecular flexibility index (Phi) is 6.22. The van der Waals surface area contributed by atoms with Gasteiger partial charge in [0, 0.05) is 23.5 Å². The minimum atomic E-state index is -0.215. The van der Waals surface area contributed by atoms with Gasteiger partial charge in [-0.25, -0.2) is 0 Å². The fourth-order valence-corrected chi connectivity index (χ4v) is 3.60.